The van der Waals surface area contributed by atoms with E-state index in [1.165, 1.54) is 10.8 Å². The van der Waals surface area contributed by atoms with E-state index >= 15 is 0 Å². The van der Waals surface area contributed by atoms with Crippen molar-refractivity contribution >= 4 is 24.4 Å². The molecule has 0 aliphatic heterocycles. The monoisotopic (exact) mass is 345 g/mol. The molecule has 0 bridgehead atoms. The molecule has 24 heavy (non-hydrogen) atoms. The summed E-state index contributed by atoms with van der Waals surface area (Å²) in [5.41, 5.74) is 6.74. The first-order valence-corrected chi connectivity index (χ1v) is 7.60. The predicted molar refractivity (Wildman–Crippen MR) is 91.1 cm³/mol. The van der Waals surface area contributed by atoms with Crippen LogP contribution in [0.3, 0.4) is 0 Å². The van der Waals surface area contributed by atoms with E-state index in [2.05, 4.69) is 27.8 Å². The lowest BCUT2D eigenvalue weighted by atomic mass is 10.2. The van der Waals surface area contributed by atoms with E-state index in [0.29, 0.717) is 18.1 Å². The maximum absolute atomic E-state index is 10.9. The molecule has 10 heteroatoms. The average Bonchev–Trinajstić information content (AvgIpc) is 3.12. The summed E-state index contributed by atoms with van der Waals surface area (Å²) in [6.45, 7) is 0. The summed E-state index contributed by atoms with van der Waals surface area (Å²) >= 11 is 4.57. The van der Waals surface area contributed by atoms with Gasteiger partial charge in [0.05, 0.1) is 18.0 Å². The van der Waals surface area contributed by atoms with Crippen molar-refractivity contribution in [2.45, 2.75) is 11.7 Å². The normalized spacial score (nSPS) is 12.2. The second-order valence-electron chi connectivity index (χ2n) is 5.16. The Hall–Kier alpha value is -2.88. The van der Waals surface area contributed by atoms with Crippen molar-refractivity contribution in [2.75, 3.05) is 5.73 Å². The van der Waals surface area contributed by atoms with Gasteiger partial charge in [0.15, 0.2) is 11.6 Å². The van der Waals surface area contributed by atoms with Crippen LogP contribution < -0.4 is 5.73 Å². The van der Waals surface area contributed by atoms with Gasteiger partial charge in [0.2, 0.25) is 5.95 Å². The topological polar surface area (TPSA) is 118 Å². The highest BCUT2D eigenvalue weighted by Crippen LogP contribution is 2.27. The van der Waals surface area contributed by atoms with Gasteiger partial charge in [0.25, 0.3) is 0 Å². The Morgan fingerprint density at radius 3 is 2.67 bits per heavy atom. The first-order chi connectivity index (χ1) is 11.5. The Bertz CT molecular complexity index is 875. The second-order valence-corrected chi connectivity index (χ2v) is 5.78. The predicted octanol–water partition coefficient (Wildman–Crippen LogP) is 1.70. The highest BCUT2D eigenvalue weighted by atomic mass is 32.1. The van der Waals surface area contributed by atoms with Gasteiger partial charge in [-0.2, -0.15) is 12.6 Å². The highest BCUT2D eigenvalue weighted by Gasteiger charge is 2.24. The maximum Gasteiger partial charge on any atom is 0.342 e. The number of nitrogens with two attached hydrogens (primary N) is 1. The molecule has 0 aliphatic carbocycles. The van der Waals surface area contributed by atoms with E-state index in [-0.39, 0.29) is 17.0 Å². The van der Waals surface area contributed by atoms with Crippen molar-refractivity contribution < 1.29 is 4.92 Å². The van der Waals surface area contributed by atoms with Crippen LogP contribution in [0.4, 0.5) is 11.8 Å². The summed E-state index contributed by atoms with van der Waals surface area (Å²) < 4.78 is 3.13. The second kappa shape index (κ2) is 6.32. The average molecular weight is 345 g/mol. The third kappa shape index (κ3) is 2.83. The molecular formula is C14H15N7O2S. The van der Waals surface area contributed by atoms with Gasteiger partial charge < -0.3 is 15.8 Å². The molecule has 0 fully saturated rings. The van der Waals surface area contributed by atoms with E-state index in [4.69, 9.17) is 5.73 Å². The lowest BCUT2D eigenvalue weighted by Crippen LogP contribution is -2.11. The molecule has 0 saturated heterocycles. The van der Waals surface area contributed by atoms with Crippen LogP contribution in [0.2, 0.25) is 0 Å². The van der Waals surface area contributed by atoms with Crippen LogP contribution in [-0.2, 0) is 13.5 Å². The third-order valence-corrected chi connectivity index (χ3v) is 4.06. The van der Waals surface area contributed by atoms with Crippen molar-refractivity contribution in [3.8, 4) is 5.69 Å². The number of hydrogen-bond acceptors (Lipinski definition) is 7. The summed E-state index contributed by atoms with van der Waals surface area (Å²) in [5, 5.41) is 18.6. The van der Waals surface area contributed by atoms with Crippen LogP contribution in [0.5, 0.6) is 0 Å². The molecule has 2 heterocycles. The molecular weight excluding hydrogens is 330 g/mol. The van der Waals surface area contributed by atoms with E-state index in [9.17, 15) is 10.1 Å². The number of hydrogen-bond donors (Lipinski definition) is 2. The van der Waals surface area contributed by atoms with E-state index < -0.39 is 4.92 Å². The number of anilines is 1. The molecule has 9 nitrogen and oxygen atoms in total. The molecule has 124 valence electrons. The highest BCUT2D eigenvalue weighted by molar-refractivity contribution is 7.80. The molecule has 0 amide bonds. The number of aromatic nitrogens is 5. The van der Waals surface area contributed by atoms with Gasteiger partial charge in [-0.3, -0.25) is 4.57 Å². The van der Waals surface area contributed by atoms with Crippen LogP contribution in [0.1, 0.15) is 16.9 Å². The zero-order valence-electron chi connectivity index (χ0n) is 12.8. The number of nitrogen functional groups attached to an aromatic ring is 1. The smallest absolute Gasteiger partial charge is 0.342 e. The maximum atomic E-state index is 10.9. The van der Waals surface area contributed by atoms with Crippen LogP contribution in [0, 0.1) is 10.1 Å². The van der Waals surface area contributed by atoms with Crippen LogP contribution in [-0.4, -0.2) is 29.2 Å². The zero-order chi connectivity index (χ0) is 17.3. The summed E-state index contributed by atoms with van der Waals surface area (Å²) in [6.07, 6.45) is 1.57. The lowest BCUT2D eigenvalue weighted by molar-refractivity contribution is -0.391. The minimum atomic E-state index is -0.478. The summed E-state index contributed by atoms with van der Waals surface area (Å²) in [4.78, 5) is 14.5. The van der Waals surface area contributed by atoms with E-state index in [1.807, 2.05) is 30.3 Å². The Labute approximate surface area is 142 Å². The minimum Gasteiger partial charge on any atom is -0.368 e. The van der Waals surface area contributed by atoms with Gasteiger partial charge in [-0.05, 0) is 17.1 Å². The van der Waals surface area contributed by atoms with Crippen LogP contribution in [0.15, 0.2) is 36.5 Å². The number of nitrogens with zero attached hydrogens (tertiary/aromatic N) is 6. The number of para-hydroxylation sites is 1. The fraction of sp³-hybridized carbons (Fsp3) is 0.214. The molecule has 2 N–H and O–H groups in total. The van der Waals surface area contributed by atoms with Gasteiger partial charge in [0.1, 0.15) is 6.20 Å². The number of imidazole rings is 1. The number of benzene rings is 1. The van der Waals surface area contributed by atoms with Gasteiger partial charge in [0, 0.05) is 6.42 Å². The molecule has 1 aromatic carbocycles. The third-order valence-electron chi connectivity index (χ3n) is 3.65. The minimum absolute atomic E-state index is 0.0745. The first kappa shape index (κ1) is 16.0. The molecule has 0 aliphatic rings. The van der Waals surface area contributed by atoms with Crippen LogP contribution >= 0.6 is 12.6 Å². The van der Waals surface area contributed by atoms with Crippen molar-refractivity contribution in [1.29, 1.82) is 0 Å². The standard InChI is InChI=1S/C14H15N7O2S/c1-19-11(16-8-12(19)21(22)23)7-10(24)13-17-18-14(15)20(13)9-5-3-2-4-6-9/h2-6,8,10,24H,7H2,1H3,(H2,15,18). The number of nitro groups is 1. The van der Waals surface area contributed by atoms with Crippen LogP contribution in [0.25, 0.3) is 5.69 Å². The van der Waals surface area contributed by atoms with Crippen molar-refractivity contribution in [3.05, 3.63) is 58.3 Å². The first-order valence-electron chi connectivity index (χ1n) is 7.08. The number of thiol groups is 1. The Kier molecular flexibility index (Phi) is 4.21. The van der Waals surface area contributed by atoms with Crippen molar-refractivity contribution in [3.63, 3.8) is 0 Å². The zero-order valence-corrected chi connectivity index (χ0v) is 13.7. The summed E-state index contributed by atoms with van der Waals surface area (Å²) in [5.74, 6) is 1.26. The van der Waals surface area contributed by atoms with Crippen molar-refractivity contribution in [1.82, 2.24) is 24.3 Å². The largest absolute Gasteiger partial charge is 0.368 e. The molecule has 2 aromatic heterocycles. The quantitative estimate of drug-likeness (QED) is 0.413. The Morgan fingerprint density at radius 1 is 1.33 bits per heavy atom. The molecule has 3 rings (SSSR count). The van der Waals surface area contributed by atoms with E-state index in [0.717, 1.165) is 5.69 Å². The Balaban J connectivity index is 1.92. The Morgan fingerprint density at radius 2 is 2.04 bits per heavy atom. The molecule has 1 unspecified atom stereocenters. The molecule has 3 aromatic rings. The van der Waals surface area contributed by atoms with Gasteiger partial charge in [-0.25, -0.2) is 9.55 Å². The van der Waals surface area contributed by atoms with Gasteiger partial charge >= 0.3 is 5.82 Å². The molecule has 0 spiro atoms. The van der Waals surface area contributed by atoms with Gasteiger partial charge in [-0.15, -0.1) is 10.2 Å². The van der Waals surface area contributed by atoms with E-state index in [1.54, 1.807) is 11.6 Å². The molecule has 0 radical (unpaired) electrons. The summed E-state index contributed by atoms with van der Waals surface area (Å²) in [7, 11) is 1.59. The number of rotatable bonds is 5. The molecule has 1 atom stereocenters. The van der Waals surface area contributed by atoms with Gasteiger partial charge in [-0.1, -0.05) is 18.2 Å². The fourth-order valence-electron chi connectivity index (χ4n) is 2.43. The molecule has 0 saturated carbocycles. The lowest BCUT2D eigenvalue weighted by Gasteiger charge is -2.12. The fourth-order valence-corrected chi connectivity index (χ4v) is 2.76. The summed E-state index contributed by atoms with van der Waals surface area (Å²) in [6, 6.07) is 9.43. The van der Waals surface area contributed by atoms with Crippen molar-refractivity contribution in [2.24, 2.45) is 7.05 Å². The SMILES string of the molecule is Cn1c([N+](=O)[O-])cnc1CC(S)c1nnc(N)n1-c1ccccc1.